The lowest BCUT2D eigenvalue weighted by molar-refractivity contribution is -0.165. The van der Waals surface area contributed by atoms with Gasteiger partial charge in [-0.3, -0.25) is 4.79 Å². The molecule has 1 rings (SSSR count). The van der Waals surface area contributed by atoms with E-state index in [0.717, 1.165) is 39.0 Å². The predicted molar refractivity (Wildman–Crippen MR) is 57.8 cm³/mol. The molecular formula is C12H19FO3. The Morgan fingerprint density at radius 2 is 1.88 bits per heavy atom. The van der Waals surface area contributed by atoms with Gasteiger partial charge in [-0.2, -0.15) is 0 Å². The molecule has 0 bridgehead atoms. The highest BCUT2D eigenvalue weighted by Crippen LogP contribution is 2.24. The molecule has 0 aromatic rings. The molecule has 0 aromatic heterocycles. The minimum absolute atomic E-state index is 0.164. The average molecular weight is 230 g/mol. The van der Waals surface area contributed by atoms with Crippen molar-refractivity contribution in [3.8, 4) is 0 Å². The third-order valence-electron chi connectivity index (χ3n) is 2.83. The van der Waals surface area contributed by atoms with Crippen molar-refractivity contribution < 1.29 is 18.7 Å². The molecule has 1 aliphatic carbocycles. The monoisotopic (exact) mass is 230 g/mol. The Morgan fingerprint density at radius 3 is 2.38 bits per heavy atom. The molecule has 1 saturated carbocycles. The number of hydrogen-bond donors (Lipinski definition) is 0. The molecule has 0 saturated heterocycles. The number of hydrogen-bond acceptors (Lipinski definition) is 3. The van der Waals surface area contributed by atoms with E-state index in [9.17, 15) is 14.0 Å². The highest BCUT2D eigenvalue weighted by atomic mass is 19.1. The molecule has 4 heteroatoms. The smallest absolute Gasteiger partial charge is 0.344 e. The Balaban J connectivity index is 2.46. The fourth-order valence-electron chi connectivity index (χ4n) is 2.00. The van der Waals surface area contributed by atoms with Crippen LogP contribution in [-0.2, 0) is 14.3 Å². The Labute approximate surface area is 95.3 Å². The van der Waals surface area contributed by atoms with Crippen LogP contribution in [0.15, 0.2) is 0 Å². The van der Waals surface area contributed by atoms with Crippen LogP contribution in [0.3, 0.4) is 0 Å². The summed E-state index contributed by atoms with van der Waals surface area (Å²) in [6.45, 7) is 2.38. The number of carbonyl (C=O) groups is 2. The fourth-order valence-corrected chi connectivity index (χ4v) is 2.00. The van der Waals surface area contributed by atoms with Gasteiger partial charge in [0.2, 0.25) is 5.67 Å². The second kappa shape index (κ2) is 5.41. The van der Waals surface area contributed by atoms with E-state index < -0.39 is 18.1 Å². The van der Waals surface area contributed by atoms with E-state index in [1.807, 2.05) is 0 Å². The summed E-state index contributed by atoms with van der Waals surface area (Å²) in [7, 11) is 0. The average Bonchev–Trinajstić information content (AvgIpc) is 2.17. The molecule has 0 amide bonds. The highest BCUT2D eigenvalue weighted by Gasteiger charge is 2.37. The molecule has 0 spiro atoms. The van der Waals surface area contributed by atoms with Gasteiger partial charge in [0.05, 0.1) is 6.42 Å². The van der Waals surface area contributed by atoms with Gasteiger partial charge in [-0.15, -0.1) is 0 Å². The summed E-state index contributed by atoms with van der Waals surface area (Å²) >= 11 is 0. The van der Waals surface area contributed by atoms with Crippen LogP contribution in [0, 0.1) is 0 Å². The number of rotatable bonds is 4. The first-order valence-electron chi connectivity index (χ1n) is 5.81. The minimum atomic E-state index is -2.18. The lowest BCUT2D eigenvalue weighted by Gasteiger charge is -2.25. The zero-order chi connectivity index (χ0) is 12.2. The molecule has 1 aliphatic rings. The number of Topliss-reactive ketones (excluding diaryl/α,β-unsaturated/α-hetero) is 1. The number of ether oxygens (including phenoxy) is 1. The molecule has 0 aliphatic heterocycles. The predicted octanol–water partition coefficient (Wildman–Crippen LogP) is 2.57. The second-order valence-corrected chi connectivity index (χ2v) is 4.74. The molecule has 0 aromatic carbocycles. The van der Waals surface area contributed by atoms with Crippen molar-refractivity contribution in [1.82, 2.24) is 0 Å². The van der Waals surface area contributed by atoms with Crippen molar-refractivity contribution in [2.45, 2.75) is 64.1 Å². The fraction of sp³-hybridized carbons (Fsp3) is 0.833. The van der Waals surface area contributed by atoms with Crippen molar-refractivity contribution in [2.24, 2.45) is 0 Å². The van der Waals surface area contributed by atoms with E-state index in [4.69, 9.17) is 4.74 Å². The standard InChI is InChI=1S/C12H19FO3/c1-9(14)8-12(2,13)11(15)16-10-6-4-3-5-7-10/h10H,3-8H2,1-2H3. The third-order valence-corrected chi connectivity index (χ3v) is 2.83. The van der Waals surface area contributed by atoms with Gasteiger partial charge in [-0.05, 0) is 39.5 Å². The molecule has 1 atom stereocenters. The summed E-state index contributed by atoms with van der Waals surface area (Å²) in [6, 6.07) is 0. The van der Waals surface area contributed by atoms with E-state index in [1.165, 1.54) is 6.92 Å². The Morgan fingerprint density at radius 1 is 1.31 bits per heavy atom. The van der Waals surface area contributed by atoms with Crippen LogP contribution in [0.25, 0.3) is 0 Å². The van der Waals surface area contributed by atoms with Crippen molar-refractivity contribution in [1.29, 1.82) is 0 Å². The summed E-state index contributed by atoms with van der Waals surface area (Å²) in [6.07, 6.45) is 4.24. The van der Waals surface area contributed by atoms with Gasteiger partial charge >= 0.3 is 5.97 Å². The number of halogens is 1. The summed E-state index contributed by atoms with van der Waals surface area (Å²) in [5.74, 6) is -1.24. The van der Waals surface area contributed by atoms with Crippen molar-refractivity contribution >= 4 is 11.8 Å². The minimum Gasteiger partial charge on any atom is -0.460 e. The Hall–Kier alpha value is -0.930. The number of esters is 1. The van der Waals surface area contributed by atoms with Crippen LogP contribution < -0.4 is 0 Å². The van der Waals surface area contributed by atoms with Gasteiger partial charge in [-0.25, -0.2) is 9.18 Å². The van der Waals surface area contributed by atoms with Crippen LogP contribution in [0.2, 0.25) is 0 Å². The van der Waals surface area contributed by atoms with Gasteiger partial charge < -0.3 is 4.74 Å². The molecule has 0 heterocycles. The maximum absolute atomic E-state index is 13.8. The third kappa shape index (κ3) is 3.91. The number of alkyl halides is 1. The maximum Gasteiger partial charge on any atom is 0.344 e. The molecule has 92 valence electrons. The van der Waals surface area contributed by atoms with Crippen LogP contribution in [-0.4, -0.2) is 23.5 Å². The summed E-state index contributed by atoms with van der Waals surface area (Å²) in [5, 5.41) is 0. The van der Waals surface area contributed by atoms with Crippen molar-refractivity contribution in [2.75, 3.05) is 0 Å². The van der Waals surface area contributed by atoms with E-state index in [0.29, 0.717) is 0 Å². The lowest BCUT2D eigenvalue weighted by Crippen LogP contribution is -2.37. The van der Waals surface area contributed by atoms with E-state index in [1.54, 1.807) is 0 Å². The quantitative estimate of drug-likeness (QED) is 0.697. The van der Waals surface area contributed by atoms with Crippen LogP contribution in [0.4, 0.5) is 4.39 Å². The van der Waals surface area contributed by atoms with Gasteiger partial charge in [0.1, 0.15) is 11.9 Å². The molecule has 1 fully saturated rings. The molecular weight excluding hydrogens is 211 g/mol. The highest BCUT2D eigenvalue weighted by molar-refractivity contribution is 5.87. The first-order chi connectivity index (χ1) is 7.42. The van der Waals surface area contributed by atoms with E-state index >= 15 is 0 Å². The SMILES string of the molecule is CC(=O)CC(C)(F)C(=O)OC1CCCCC1. The molecule has 3 nitrogen and oxygen atoms in total. The Kier molecular flexibility index (Phi) is 4.44. The second-order valence-electron chi connectivity index (χ2n) is 4.74. The Bertz CT molecular complexity index is 267. The van der Waals surface area contributed by atoms with Crippen LogP contribution in [0.1, 0.15) is 52.4 Å². The first kappa shape index (κ1) is 13.1. The molecule has 1 unspecified atom stereocenters. The van der Waals surface area contributed by atoms with E-state index in [2.05, 4.69) is 0 Å². The molecule has 0 N–H and O–H groups in total. The van der Waals surface area contributed by atoms with Gasteiger partial charge in [0.25, 0.3) is 0 Å². The van der Waals surface area contributed by atoms with Gasteiger partial charge in [0, 0.05) is 0 Å². The number of carbonyl (C=O) groups excluding carboxylic acids is 2. The van der Waals surface area contributed by atoms with Crippen LogP contribution in [0.5, 0.6) is 0 Å². The zero-order valence-corrected chi connectivity index (χ0v) is 9.92. The van der Waals surface area contributed by atoms with Crippen molar-refractivity contribution in [3.63, 3.8) is 0 Å². The summed E-state index contributed by atoms with van der Waals surface area (Å²) in [5.41, 5.74) is -2.18. The van der Waals surface area contributed by atoms with Crippen molar-refractivity contribution in [3.05, 3.63) is 0 Å². The van der Waals surface area contributed by atoms with Crippen LogP contribution >= 0.6 is 0 Å². The zero-order valence-electron chi connectivity index (χ0n) is 9.92. The molecule has 0 radical (unpaired) electrons. The lowest BCUT2D eigenvalue weighted by atomic mass is 9.97. The largest absolute Gasteiger partial charge is 0.460 e. The van der Waals surface area contributed by atoms with Gasteiger partial charge in [-0.1, -0.05) is 6.42 Å². The topological polar surface area (TPSA) is 43.4 Å². The first-order valence-corrected chi connectivity index (χ1v) is 5.81. The van der Waals surface area contributed by atoms with E-state index in [-0.39, 0.29) is 11.9 Å². The summed E-state index contributed by atoms with van der Waals surface area (Å²) in [4.78, 5) is 22.3. The van der Waals surface area contributed by atoms with Gasteiger partial charge in [0.15, 0.2) is 0 Å². The molecule has 16 heavy (non-hydrogen) atoms. The maximum atomic E-state index is 13.8. The number of ketones is 1. The normalized spacial score (nSPS) is 21.2. The summed E-state index contributed by atoms with van der Waals surface area (Å²) < 4.78 is 18.9.